The molecule has 26 heavy (non-hydrogen) atoms. The number of hydrogen-bond acceptors (Lipinski definition) is 6. The van der Waals surface area contributed by atoms with Crippen LogP contribution in [0.1, 0.15) is 38.5 Å². The quantitative estimate of drug-likeness (QED) is 0.566. The predicted octanol–water partition coefficient (Wildman–Crippen LogP) is 1.20. The van der Waals surface area contributed by atoms with E-state index in [0.29, 0.717) is 18.8 Å². The Morgan fingerprint density at radius 3 is 2.85 bits per heavy atom. The third kappa shape index (κ3) is 1.51. The second-order valence-electron chi connectivity index (χ2n) is 9.18. The number of fused-ring (bicyclic) bond motifs is 1. The molecular formula is C20H26O6. The average Bonchev–Trinajstić information content (AvgIpc) is 3.09. The van der Waals surface area contributed by atoms with Gasteiger partial charge < -0.3 is 19.7 Å². The van der Waals surface area contributed by atoms with Crippen molar-refractivity contribution in [2.24, 2.45) is 34.5 Å². The normalized spacial score (nSPS) is 53.9. The van der Waals surface area contributed by atoms with Gasteiger partial charge in [-0.2, -0.15) is 0 Å². The van der Waals surface area contributed by atoms with Crippen LogP contribution in [0, 0.1) is 34.5 Å². The summed E-state index contributed by atoms with van der Waals surface area (Å²) in [6, 6.07) is 0. The highest BCUT2D eigenvalue weighted by atomic mass is 16.6. The summed E-state index contributed by atoms with van der Waals surface area (Å²) in [6.07, 6.45) is 3.46. The number of rotatable bonds is 2. The van der Waals surface area contributed by atoms with Gasteiger partial charge in [-0.3, -0.25) is 9.59 Å². The Morgan fingerprint density at radius 2 is 2.15 bits per heavy atom. The zero-order chi connectivity index (χ0) is 18.5. The van der Waals surface area contributed by atoms with Gasteiger partial charge in [-0.15, -0.1) is 0 Å². The highest BCUT2D eigenvalue weighted by Gasteiger charge is 2.84. The second kappa shape index (κ2) is 4.90. The number of esters is 2. The molecule has 5 fully saturated rings. The van der Waals surface area contributed by atoms with Gasteiger partial charge in [0.05, 0.1) is 25.7 Å². The van der Waals surface area contributed by atoms with Gasteiger partial charge in [0.15, 0.2) is 0 Å². The molecule has 0 radical (unpaired) electrons. The monoisotopic (exact) mass is 362 g/mol. The van der Waals surface area contributed by atoms with Crippen LogP contribution in [0.4, 0.5) is 0 Å². The lowest BCUT2D eigenvalue weighted by atomic mass is 9.58. The number of ether oxygens (including phenoxy) is 2. The van der Waals surface area contributed by atoms with Crippen molar-refractivity contribution >= 4 is 11.9 Å². The molecule has 6 nitrogen and oxygen atoms in total. The lowest BCUT2D eigenvalue weighted by molar-refractivity contribution is -0.167. The molecule has 2 N–H and O–H groups in total. The fraction of sp³-hybridized carbons (Fsp3) is 0.800. The topological polar surface area (TPSA) is 93.1 Å². The highest BCUT2D eigenvalue weighted by molar-refractivity contribution is 5.86. The van der Waals surface area contributed by atoms with Gasteiger partial charge >= 0.3 is 11.9 Å². The molecular weight excluding hydrogens is 336 g/mol. The van der Waals surface area contributed by atoms with E-state index in [1.165, 1.54) is 12.7 Å². The highest BCUT2D eigenvalue weighted by Crippen LogP contribution is 2.77. The zero-order valence-electron chi connectivity index (χ0n) is 15.1. The molecule has 4 saturated carbocycles. The van der Waals surface area contributed by atoms with E-state index in [4.69, 9.17) is 9.47 Å². The third-order valence-electron chi connectivity index (χ3n) is 8.66. The Labute approximate surface area is 152 Å². The van der Waals surface area contributed by atoms with E-state index in [1.807, 2.05) is 0 Å². The predicted molar refractivity (Wildman–Crippen MR) is 89.6 cm³/mol. The molecule has 6 heteroatoms. The minimum Gasteiger partial charge on any atom is -0.469 e. The summed E-state index contributed by atoms with van der Waals surface area (Å²) in [5.41, 5.74) is -1.34. The maximum absolute atomic E-state index is 13.0. The first kappa shape index (κ1) is 16.8. The van der Waals surface area contributed by atoms with Gasteiger partial charge in [0.2, 0.25) is 0 Å². The first-order chi connectivity index (χ1) is 12.4. The van der Waals surface area contributed by atoms with Crippen LogP contribution in [0.3, 0.4) is 0 Å². The molecule has 4 aliphatic carbocycles. The molecule has 5 aliphatic rings. The molecule has 1 saturated heterocycles. The molecule has 8 atom stereocenters. The van der Waals surface area contributed by atoms with Gasteiger partial charge in [-0.05, 0) is 49.9 Å². The number of carbonyl (C=O) groups is 2. The van der Waals surface area contributed by atoms with Crippen molar-refractivity contribution in [3.63, 3.8) is 0 Å². The van der Waals surface area contributed by atoms with E-state index in [0.717, 1.165) is 25.7 Å². The van der Waals surface area contributed by atoms with Crippen molar-refractivity contribution in [3.05, 3.63) is 12.2 Å². The van der Waals surface area contributed by atoms with Crippen LogP contribution in [-0.2, 0) is 19.1 Å². The molecule has 0 aromatic carbocycles. The molecule has 1 aliphatic heterocycles. The van der Waals surface area contributed by atoms with E-state index in [9.17, 15) is 19.8 Å². The molecule has 0 amide bonds. The minimum atomic E-state index is -1.41. The van der Waals surface area contributed by atoms with Crippen molar-refractivity contribution < 1.29 is 29.3 Å². The van der Waals surface area contributed by atoms with Crippen molar-refractivity contribution in [2.45, 2.75) is 50.2 Å². The van der Waals surface area contributed by atoms with Crippen LogP contribution in [0.5, 0.6) is 0 Å². The molecule has 1 spiro atoms. The maximum atomic E-state index is 13.0. The van der Waals surface area contributed by atoms with Crippen LogP contribution >= 0.6 is 0 Å². The van der Waals surface area contributed by atoms with Crippen LogP contribution in [0.25, 0.3) is 0 Å². The number of aliphatic hydroxyl groups is 2. The van der Waals surface area contributed by atoms with E-state index < -0.39 is 41.5 Å². The van der Waals surface area contributed by atoms with Crippen LogP contribution in [-0.4, -0.2) is 47.6 Å². The fourth-order valence-corrected chi connectivity index (χ4v) is 7.86. The molecule has 1 heterocycles. The number of carbonyl (C=O) groups excluding carboxylic acids is 2. The second-order valence-corrected chi connectivity index (χ2v) is 9.18. The number of aliphatic hydroxyl groups excluding tert-OH is 2. The van der Waals surface area contributed by atoms with E-state index in [1.54, 1.807) is 0 Å². The van der Waals surface area contributed by atoms with Crippen LogP contribution < -0.4 is 0 Å². The number of methoxy groups -OCH3 is 1. The van der Waals surface area contributed by atoms with Gasteiger partial charge in [0.25, 0.3) is 0 Å². The Hall–Kier alpha value is -1.40. The fourth-order valence-electron chi connectivity index (χ4n) is 7.86. The average molecular weight is 362 g/mol. The number of hydrogen-bond donors (Lipinski definition) is 2. The van der Waals surface area contributed by atoms with Crippen LogP contribution in [0.15, 0.2) is 12.2 Å². The van der Waals surface area contributed by atoms with Gasteiger partial charge in [0, 0.05) is 11.8 Å². The Morgan fingerprint density at radius 1 is 1.38 bits per heavy atom. The van der Waals surface area contributed by atoms with E-state index in [2.05, 4.69) is 6.58 Å². The van der Waals surface area contributed by atoms with Crippen molar-refractivity contribution in [1.82, 2.24) is 0 Å². The molecule has 5 rings (SSSR count). The Balaban J connectivity index is 1.76. The zero-order valence-corrected chi connectivity index (χ0v) is 15.1. The van der Waals surface area contributed by atoms with E-state index >= 15 is 0 Å². The summed E-state index contributed by atoms with van der Waals surface area (Å²) in [6.45, 7) is 3.76. The van der Waals surface area contributed by atoms with Crippen LogP contribution in [0.2, 0.25) is 0 Å². The van der Waals surface area contributed by atoms with Gasteiger partial charge in [0.1, 0.15) is 11.0 Å². The maximum Gasteiger partial charge on any atom is 0.318 e. The largest absolute Gasteiger partial charge is 0.469 e. The summed E-state index contributed by atoms with van der Waals surface area (Å²) in [5.74, 6) is -1.50. The standard InChI is InChI=1S/C20H26O6/c1-10-7-18-8-11(10)3-4-12(18)20-6-5-13(22)19(9-21,17(24)26-20)15(20)14(18)16(23)25-2/h11-15,21-22H,1,3-9H2,2H3/t11-,12-,13+,14-,15-,18+,19-,20-/m1/s1. The molecule has 0 aromatic heterocycles. The summed E-state index contributed by atoms with van der Waals surface area (Å²) < 4.78 is 11.2. The molecule has 0 unspecified atom stereocenters. The summed E-state index contributed by atoms with van der Waals surface area (Å²) in [5, 5.41) is 21.0. The lowest BCUT2D eigenvalue weighted by Crippen LogP contribution is -2.56. The van der Waals surface area contributed by atoms with Gasteiger partial charge in [-0.1, -0.05) is 12.2 Å². The number of allylic oxidation sites excluding steroid dienone is 1. The molecule has 0 aromatic rings. The summed E-state index contributed by atoms with van der Waals surface area (Å²) >= 11 is 0. The first-order valence-electron chi connectivity index (χ1n) is 9.65. The summed E-state index contributed by atoms with van der Waals surface area (Å²) in [7, 11) is 1.37. The van der Waals surface area contributed by atoms with Gasteiger partial charge in [-0.25, -0.2) is 0 Å². The van der Waals surface area contributed by atoms with Crippen molar-refractivity contribution in [1.29, 1.82) is 0 Å². The van der Waals surface area contributed by atoms with Crippen molar-refractivity contribution in [2.75, 3.05) is 13.7 Å². The summed E-state index contributed by atoms with van der Waals surface area (Å²) in [4.78, 5) is 25.9. The molecule has 4 bridgehead atoms. The van der Waals surface area contributed by atoms with Crippen molar-refractivity contribution in [3.8, 4) is 0 Å². The SMILES string of the molecule is C=C1C[C@]23C[C@H]1CC[C@H]2[C@@]12CC[C@H](O)[C@@](CO)(C(=O)O1)[C@H]2[C@@H]3C(=O)OC. The molecule has 142 valence electrons. The minimum absolute atomic E-state index is 0.0597. The lowest BCUT2D eigenvalue weighted by Gasteiger charge is -2.44. The first-order valence-corrected chi connectivity index (χ1v) is 9.65. The third-order valence-corrected chi connectivity index (χ3v) is 8.66. The van der Waals surface area contributed by atoms with E-state index in [-0.39, 0.29) is 17.3 Å². The smallest absolute Gasteiger partial charge is 0.318 e. The Bertz CT molecular complexity index is 717. The Kier molecular flexibility index (Phi) is 3.16.